The van der Waals surface area contributed by atoms with Crippen molar-refractivity contribution in [3.05, 3.63) is 29.6 Å². The molecular formula is C10H12FN. The Labute approximate surface area is 72.0 Å². The number of aliphatic imine (C=N–C) groups is 1. The van der Waals surface area contributed by atoms with Gasteiger partial charge >= 0.3 is 0 Å². The van der Waals surface area contributed by atoms with Crippen LogP contribution < -0.4 is 0 Å². The van der Waals surface area contributed by atoms with Gasteiger partial charge in [-0.2, -0.15) is 0 Å². The van der Waals surface area contributed by atoms with Crippen LogP contribution in [0.2, 0.25) is 0 Å². The lowest BCUT2D eigenvalue weighted by Gasteiger charge is -2.01. The highest BCUT2D eigenvalue weighted by molar-refractivity contribution is 5.62. The predicted molar refractivity (Wildman–Crippen MR) is 49.6 cm³/mol. The molecule has 0 bridgehead atoms. The van der Waals surface area contributed by atoms with Gasteiger partial charge in [0.05, 0.1) is 5.69 Å². The van der Waals surface area contributed by atoms with Crippen molar-refractivity contribution >= 4 is 11.9 Å². The van der Waals surface area contributed by atoms with Crippen molar-refractivity contribution in [2.45, 2.75) is 20.3 Å². The summed E-state index contributed by atoms with van der Waals surface area (Å²) in [7, 11) is 0. The Hall–Kier alpha value is -1.18. The second-order valence-corrected chi connectivity index (χ2v) is 2.51. The zero-order chi connectivity index (χ0) is 8.97. The van der Waals surface area contributed by atoms with Crippen LogP contribution in [0.25, 0.3) is 0 Å². The second-order valence-electron chi connectivity index (χ2n) is 2.51. The van der Waals surface area contributed by atoms with Gasteiger partial charge in [-0.25, -0.2) is 4.39 Å². The second kappa shape index (κ2) is 4.00. The van der Waals surface area contributed by atoms with Crippen molar-refractivity contribution in [1.29, 1.82) is 0 Å². The molecule has 0 aliphatic heterocycles. The summed E-state index contributed by atoms with van der Waals surface area (Å²) < 4.78 is 12.7. The molecular weight excluding hydrogens is 153 g/mol. The Morgan fingerprint density at radius 3 is 2.83 bits per heavy atom. The summed E-state index contributed by atoms with van der Waals surface area (Å²) in [6.45, 7) is 3.85. The minimum atomic E-state index is -0.229. The summed E-state index contributed by atoms with van der Waals surface area (Å²) >= 11 is 0. The first-order valence-corrected chi connectivity index (χ1v) is 4.05. The SMILES string of the molecule is CC=Nc1cc(F)ccc1CC. The molecule has 0 heterocycles. The van der Waals surface area contributed by atoms with Crippen molar-refractivity contribution in [2.75, 3.05) is 0 Å². The normalized spacial score (nSPS) is 10.9. The Bertz CT molecular complexity index is 292. The zero-order valence-corrected chi connectivity index (χ0v) is 7.34. The molecule has 0 amide bonds. The first-order chi connectivity index (χ1) is 5.77. The van der Waals surface area contributed by atoms with E-state index in [1.807, 2.05) is 13.8 Å². The van der Waals surface area contributed by atoms with Gasteiger partial charge in [0.15, 0.2) is 0 Å². The maximum atomic E-state index is 12.7. The maximum absolute atomic E-state index is 12.7. The van der Waals surface area contributed by atoms with Gasteiger partial charge < -0.3 is 0 Å². The summed E-state index contributed by atoms with van der Waals surface area (Å²) in [5, 5.41) is 0. The van der Waals surface area contributed by atoms with E-state index in [0.29, 0.717) is 0 Å². The van der Waals surface area contributed by atoms with Gasteiger partial charge in [-0.3, -0.25) is 4.99 Å². The molecule has 0 saturated heterocycles. The zero-order valence-electron chi connectivity index (χ0n) is 7.34. The van der Waals surface area contributed by atoms with E-state index >= 15 is 0 Å². The average Bonchev–Trinajstić information content (AvgIpc) is 2.05. The Kier molecular flexibility index (Phi) is 2.97. The van der Waals surface area contributed by atoms with Crippen molar-refractivity contribution in [2.24, 2.45) is 4.99 Å². The number of nitrogens with zero attached hydrogens (tertiary/aromatic N) is 1. The van der Waals surface area contributed by atoms with E-state index in [1.165, 1.54) is 12.1 Å². The fraction of sp³-hybridized carbons (Fsp3) is 0.300. The van der Waals surface area contributed by atoms with Gasteiger partial charge in [-0.1, -0.05) is 13.0 Å². The van der Waals surface area contributed by atoms with Crippen LogP contribution in [0.1, 0.15) is 19.4 Å². The van der Waals surface area contributed by atoms with Crippen molar-refractivity contribution < 1.29 is 4.39 Å². The predicted octanol–water partition coefficient (Wildman–Crippen LogP) is 3.11. The number of rotatable bonds is 2. The van der Waals surface area contributed by atoms with E-state index in [4.69, 9.17) is 0 Å². The fourth-order valence-electron chi connectivity index (χ4n) is 1.10. The third kappa shape index (κ3) is 1.91. The highest BCUT2D eigenvalue weighted by Gasteiger charge is 1.99. The molecule has 0 aromatic heterocycles. The third-order valence-electron chi connectivity index (χ3n) is 1.70. The van der Waals surface area contributed by atoms with E-state index in [2.05, 4.69) is 4.99 Å². The molecule has 1 aromatic rings. The fourth-order valence-corrected chi connectivity index (χ4v) is 1.10. The largest absolute Gasteiger partial charge is 0.261 e. The molecule has 0 N–H and O–H groups in total. The van der Waals surface area contributed by atoms with Crippen LogP contribution in [0, 0.1) is 5.82 Å². The van der Waals surface area contributed by atoms with E-state index in [0.717, 1.165) is 17.7 Å². The summed E-state index contributed by atoms with van der Waals surface area (Å²) in [6, 6.07) is 4.70. The van der Waals surface area contributed by atoms with E-state index in [9.17, 15) is 4.39 Å². The van der Waals surface area contributed by atoms with Crippen molar-refractivity contribution in [3.63, 3.8) is 0 Å². The Morgan fingerprint density at radius 1 is 1.50 bits per heavy atom. The number of hydrogen-bond acceptors (Lipinski definition) is 1. The molecule has 1 rings (SSSR count). The minimum absolute atomic E-state index is 0.229. The molecule has 0 aliphatic carbocycles. The molecule has 12 heavy (non-hydrogen) atoms. The third-order valence-corrected chi connectivity index (χ3v) is 1.70. The number of hydrogen-bond donors (Lipinski definition) is 0. The summed E-state index contributed by atoms with van der Waals surface area (Å²) in [4.78, 5) is 4.07. The smallest absolute Gasteiger partial charge is 0.125 e. The Morgan fingerprint density at radius 2 is 2.25 bits per heavy atom. The number of halogens is 1. The van der Waals surface area contributed by atoms with Gasteiger partial charge in [-0.05, 0) is 31.0 Å². The monoisotopic (exact) mass is 165 g/mol. The molecule has 0 spiro atoms. The van der Waals surface area contributed by atoms with E-state index in [1.54, 1.807) is 12.3 Å². The van der Waals surface area contributed by atoms with E-state index < -0.39 is 0 Å². The van der Waals surface area contributed by atoms with Gasteiger partial charge in [0.25, 0.3) is 0 Å². The van der Waals surface area contributed by atoms with Gasteiger partial charge in [0, 0.05) is 6.21 Å². The number of benzene rings is 1. The first-order valence-electron chi connectivity index (χ1n) is 4.05. The number of aryl methyl sites for hydroxylation is 1. The lowest BCUT2D eigenvalue weighted by Crippen LogP contribution is -1.83. The van der Waals surface area contributed by atoms with Crippen LogP contribution in [0.15, 0.2) is 23.2 Å². The van der Waals surface area contributed by atoms with Crippen LogP contribution in [0.3, 0.4) is 0 Å². The first kappa shape index (κ1) is 8.91. The van der Waals surface area contributed by atoms with Crippen molar-refractivity contribution in [3.8, 4) is 0 Å². The molecule has 0 saturated carbocycles. The quantitative estimate of drug-likeness (QED) is 0.597. The molecule has 0 aliphatic rings. The van der Waals surface area contributed by atoms with Crippen LogP contribution in [-0.2, 0) is 6.42 Å². The lowest BCUT2D eigenvalue weighted by molar-refractivity contribution is 0.627. The van der Waals surface area contributed by atoms with Gasteiger partial charge in [-0.15, -0.1) is 0 Å². The molecule has 0 fully saturated rings. The van der Waals surface area contributed by atoms with Crippen LogP contribution in [-0.4, -0.2) is 6.21 Å². The van der Waals surface area contributed by atoms with Gasteiger partial charge in [0.2, 0.25) is 0 Å². The average molecular weight is 165 g/mol. The topological polar surface area (TPSA) is 12.4 Å². The highest BCUT2D eigenvalue weighted by atomic mass is 19.1. The molecule has 0 radical (unpaired) electrons. The molecule has 1 nitrogen and oxygen atoms in total. The minimum Gasteiger partial charge on any atom is -0.261 e. The maximum Gasteiger partial charge on any atom is 0.125 e. The van der Waals surface area contributed by atoms with Gasteiger partial charge in [0.1, 0.15) is 5.82 Å². The molecule has 0 atom stereocenters. The van der Waals surface area contributed by atoms with Crippen molar-refractivity contribution in [1.82, 2.24) is 0 Å². The summed E-state index contributed by atoms with van der Waals surface area (Å²) in [6.07, 6.45) is 2.56. The Balaban J connectivity index is 3.12. The summed E-state index contributed by atoms with van der Waals surface area (Å²) in [5.74, 6) is -0.229. The van der Waals surface area contributed by atoms with Crippen LogP contribution >= 0.6 is 0 Å². The standard InChI is InChI=1S/C10H12FN/c1-3-8-5-6-9(11)7-10(8)12-4-2/h4-7H,3H2,1-2H3. The lowest BCUT2D eigenvalue weighted by atomic mass is 10.1. The molecule has 1 aromatic carbocycles. The summed E-state index contributed by atoms with van der Waals surface area (Å²) in [5.41, 5.74) is 1.81. The molecule has 0 unspecified atom stereocenters. The molecule has 2 heteroatoms. The van der Waals surface area contributed by atoms with E-state index in [-0.39, 0.29) is 5.82 Å². The highest BCUT2D eigenvalue weighted by Crippen LogP contribution is 2.20. The van der Waals surface area contributed by atoms with Crippen LogP contribution in [0.5, 0.6) is 0 Å². The van der Waals surface area contributed by atoms with Crippen LogP contribution in [0.4, 0.5) is 10.1 Å². The molecule has 64 valence electrons.